The number of aliphatic carboxylic acids is 3. The third-order valence-electron chi connectivity index (χ3n) is 12.5. The first kappa shape index (κ1) is 66.0. The highest BCUT2D eigenvalue weighted by atomic mass is 32.2. The summed E-state index contributed by atoms with van der Waals surface area (Å²) in [4.78, 5) is 145. The van der Waals surface area contributed by atoms with Gasteiger partial charge >= 0.3 is 17.9 Å². The summed E-state index contributed by atoms with van der Waals surface area (Å²) in [6.45, 7) is 3.90. The number of rotatable bonds is 34. The van der Waals surface area contributed by atoms with Gasteiger partial charge in [-0.3, -0.25) is 47.9 Å². The number of nitrogens with one attached hydrogen (secondary N) is 8. The van der Waals surface area contributed by atoms with Crippen LogP contribution in [0, 0.1) is 5.92 Å². The van der Waals surface area contributed by atoms with Crippen LogP contribution in [0.15, 0.2) is 78.9 Å². The van der Waals surface area contributed by atoms with Crippen LogP contribution >= 0.6 is 11.8 Å². The van der Waals surface area contributed by atoms with Gasteiger partial charge in [-0.2, -0.15) is 11.8 Å². The lowest BCUT2D eigenvalue weighted by Crippen LogP contribution is -2.62. The molecule has 436 valence electrons. The number of nitrogens with two attached hydrogens (primary N) is 1. The molecule has 10 unspecified atom stereocenters. The number of aromatic hydroxyl groups is 2. The van der Waals surface area contributed by atoms with E-state index < -0.39 is 145 Å². The summed E-state index contributed by atoms with van der Waals surface area (Å²) in [5, 5.41) is 78.5. The molecule has 0 saturated heterocycles. The quantitative estimate of drug-likeness (QED) is 0.0326. The number of phenols is 2. The molecule has 0 bridgehead atoms. The molecule has 3 aromatic carbocycles. The first-order chi connectivity index (χ1) is 37.8. The molecular formula is C53H71N9O17S. The Kier molecular flexibility index (Phi) is 27.4. The molecule has 10 atom stereocenters. The third-order valence-corrected chi connectivity index (χ3v) is 13.1. The third kappa shape index (κ3) is 23.0. The van der Waals surface area contributed by atoms with E-state index in [9.17, 15) is 78.3 Å². The Bertz CT molecular complexity index is 2610. The zero-order chi connectivity index (χ0) is 59.6. The highest BCUT2D eigenvalue weighted by Gasteiger charge is 2.37. The van der Waals surface area contributed by atoms with Gasteiger partial charge in [-0.1, -0.05) is 74.9 Å². The first-order valence-electron chi connectivity index (χ1n) is 25.4. The Hall–Kier alpha value is -8.30. The van der Waals surface area contributed by atoms with Crippen molar-refractivity contribution in [3.8, 4) is 11.5 Å². The Morgan fingerprint density at radius 1 is 0.525 bits per heavy atom. The molecule has 27 heteroatoms. The lowest BCUT2D eigenvalue weighted by Gasteiger charge is -2.29. The lowest BCUT2D eigenvalue weighted by atomic mass is 9.97. The number of aliphatic hydroxyl groups is 1. The molecule has 0 fully saturated rings. The van der Waals surface area contributed by atoms with Crippen LogP contribution in [0.2, 0.25) is 0 Å². The van der Waals surface area contributed by atoms with Crippen molar-refractivity contribution < 1.29 is 83.4 Å². The number of carboxylic acid groups (broad SMARTS) is 3. The zero-order valence-corrected chi connectivity index (χ0v) is 45.3. The molecular weight excluding hydrogens is 1070 g/mol. The molecule has 16 N–H and O–H groups in total. The SMILES string of the molecule is CCC(C)C(NC(=O)CNC(=O)C(N)CCC(=O)O)C(=O)NC(Cc1ccccc1)C(=O)NC(Cc1ccc(O)cc1)C(=O)NC(C(=O)NC(CCSC)C(=O)NC(CC(=O)O)C(=O)NC(Cc1ccc(O)cc1)C(=O)O)C(C)O. The van der Waals surface area contributed by atoms with E-state index in [-0.39, 0.29) is 49.4 Å². The topological polar surface area (TPSA) is 431 Å². The van der Waals surface area contributed by atoms with Gasteiger partial charge in [0.2, 0.25) is 47.3 Å². The number of aliphatic hydroxyl groups excluding tert-OH is 1. The summed E-state index contributed by atoms with van der Waals surface area (Å²) in [5.74, 6) is -12.7. The summed E-state index contributed by atoms with van der Waals surface area (Å²) in [6.07, 6.45) is -2.19. The van der Waals surface area contributed by atoms with E-state index in [0.717, 1.165) is 6.92 Å². The van der Waals surface area contributed by atoms with Gasteiger partial charge in [0.15, 0.2) is 0 Å². The molecule has 0 aliphatic carbocycles. The number of benzene rings is 3. The second kappa shape index (κ2) is 33.2. The molecule has 8 amide bonds. The number of carboxylic acids is 3. The highest BCUT2D eigenvalue weighted by Crippen LogP contribution is 2.16. The van der Waals surface area contributed by atoms with Crippen molar-refractivity contribution >= 4 is 76.9 Å². The van der Waals surface area contributed by atoms with Gasteiger partial charge in [-0.05, 0) is 78.6 Å². The van der Waals surface area contributed by atoms with Crippen LogP contribution < -0.4 is 48.3 Å². The molecule has 0 spiro atoms. The molecule has 26 nitrogen and oxygen atoms in total. The molecule has 3 rings (SSSR count). The van der Waals surface area contributed by atoms with Crippen molar-refractivity contribution in [2.75, 3.05) is 18.6 Å². The Morgan fingerprint density at radius 3 is 1.48 bits per heavy atom. The zero-order valence-electron chi connectivity index (χ0n) is 44.5. The molecule has 3 aromatic rings. The largest absolute Gasteiger partial charge is 0.508 e. The van der Waals surface area contributed by atoms with Crippen LogP contribution in [0.4, 0.5) is 0 Å². The Labute approximate surface area is 465 Å². The summed E-state index contributed by atoms with van der Waals surface area (Å²) in [5.41, 5.74) is 7.06. The normalized spacial score (nSPS) is 14.7. The second-order valence-corrected chi connectivity index (χ2v) is 19.9. The van der Waals surface area contributed by atoms with E-state index in [0.29, 0.717) is 23.1 Å². The van der Waals surface area contributed by atoms with Gasteiger partial charge in [0.05, 0.1) is 25.1 Å². The van der Waals surface area contributed by atoms with E-state index in [4.69, 9.17) is 10.8 Å². The standard InChI is InChI=1S/C53H71N9O17S/c1-5-28(2)44(61-41(66)27-55-46(71)35(54)19-20-42(67)68)51(76)59-37(23-30-9-7-6-8-10-30)48(73)57-38(24-31-11-15-33(64)16-12-31)50(75)62-45(29(3)63)52(77)56-36(21-22-80-4)47(72)58-39(26-43(69)70)49(74)60-40(53(78)79)25-32-13-17-34(65)18-14-32/h6-18,28-29,35-40,44-45,63-65H,5,19-27,54H2,1-4H3,(H,55,71)(H,56,77)(H,57,73)(H,58,72)(H,59,76)(H,60,74)(H,61,66)(H,62,75)(H,67,68)(H,69,70)(H,78,79). The van der Waals surface area contributed by atoms with E-state index in [1.807, 2.05) is 0 Å². The second-order valence-electron chi connectivity index (χ2n) is 18.9. The van der Waals surface area contributed by atoms with Crippen LogP contribution in [-0.2, 0) is 72.0 Å². The Balaban J connectivity index is 1.91. The maximum absolute atomic E-state index is 14.5. The predicted molar refractivity (Wildman–Crippen MR) is 289 cm³/mol. The van der Waals surface area contributed by atoms with E-state index >= 15 is 0 Å². The highest BCUT2D eigenvalue weighted by molar-refractivity contribution is 7.98. The molecule has 0 aliphatic heterocycles. The fourth-order valence-corrected chi connectivity index (χ4v) is 8.20. The maximum Gasteiger partial charge on any atom is 0.326 e. The number of hydrogen-bond donors (Lipinski definition) is 15. The van der Waals surface area contributed by atoms with Crippen molar-refractivity contribution in [1.82, 2.24) is 42.5 Å². The first-order valence-corrected chi connectivity index (χ1v) is 26.8. The molecule has 0 radical (unpaired) electrons. The Morgan fingerprint density at radius 2 is 0.975 bits per heavy atom. The predicted octanol–water partition coefficient (Wildman–Crippen LogP) is -1.43. The van der Waals surface area contributed by atoms with Gasteiger partial charge in [-0.25, -0.2) is 4.79 Å². The van der Waals surface area contributed by atoms with E-state index in [2.05, 4.69) is 42.5 Å². The minimum Gasteiger partial charge on any atom is -0.508 e. The minimum atomic E-state index is -1.87. The number of carbonyl (C=O) groups is 11. The number of hydrogen-bond acceptors (Lipinski definition) is 16. The van der Waals surface area contributed by atoms with Crippen molar-refractivity contribution in [2.45, 2.75) is 127 Å². The smallest absolute Gasteiger partial charge is 0.326 e. The number of carbonyl (C=O) groups excluding carboxylic acids is 8. The van der Waals surface area contributed by atoms with Crippen LogP contribution in [0.25, 0.3) is 0 Å². The fraction of sp³-hybridized carbons (Fsp3) is 0.453. The van der Waals surface area contributed by atoms with Crippen molar-refractivity contribution in [3.63, 3.8) is 0 Å². The van der Waals surface area contributed by atoms with Crippen LogP contribution in [0.1, 0.15) is 69.6 Å². The van der Waals surface area contributed by atoms with Crippen LogP contribution in [-0.4, -0.2) is 169 Å². The average Bonchev–Trinajstić information content (AvgIpc) is 3.43. The number of amides is 8. The molecule has 0 heterocycles. The van der Waals surface area contributed by atoms with Gasteiger partial charge in [0, 0.05) is 25.7 Å². The van der Waals surface area contributed by atoms with Crippen LogP contribution in [0.3, 0.4) is 0 Å². The molecule has 0 aliphatic rings. The summed E-state index contributed by atoms with van der Waals surface area (Å²) >= 11 is 1.24. The minimum absolute atomic E-state index is 0.103. The average molecular weight is 1140 g/mol. The number of thioether (sulfide) groups is 1. The molecule has 0 aromatic heterocycles. The van der Waals surface area contributed by atoms with Gasteiger partial charge in [0.25, 0.3) is 0 Å². The van der Waals surface area contributed by atoms with Crippen molar-refractivity contribution in [2.24, 2.45) is 11.7 Å². The lowest BCUT2D eigenvalue weighted by molar-refractivity contribution is -0.144. The van der Waals surface area contributed by atoms with Crippen molar-refractivity contribution in [1.29, 1.82) is 0 Å². The summed E-state index contributed by atoms with van der Waals surface area (Å²) in [6, 6.07) is 6.87. The van der Waals surface area contributed by atoms with Gasteiger partial charge < -0.3 is 78.9 Å². The van der Waals surface area contributed by atoms with Gasteiger partial charge in [-0.15, -0.1) is 0 Å². The maximum atomic E-state index is 14.5. The summed E-state index contributed by atoms with van der Waals surface area (Å²) < 4.78 is 0. The molecule has 0 saturated carbocycles. The van der Waals surface area contributed by atoms with E-state index in [1.165, 1.54) is 60.3 Å². The monoisotopic (exact) mass is 1140 g/mol. The van der Waals surface area contributed by atoms with Crippen molar-refractivity contribution in [3.05, 3.63) is 95.6 Å². The summed E-state index contributed by atoms with van der Waals surface area (Å²) in [7, 11) is 0. The fourth-order valence-electron chi connectivity index (χ4n) is 7.73. The van der Waals surface area contributed by atoms with Gasteiger partial charge in [0.1, 0.15) is 53.8 Å². The number of phenolic OH excluding ortho intramolecular Hbond substituents is 2. The van der Waals surface area contributed by atoms with E-state index in [1.54, 1.807) is 50.4 Å². The van der Waals surface area contributed by atoms with Crippen LogP contribution in [0.5, 0.6) is 11.5 Å². The molecule has 80 heavy (non-hydrogen) atoms.